The van der Waals surface area contributed by atoms with Crippen LogP contribution in [-0.2, 0) is 4.79 Å². The minimum atomic E-state index is -0.562. The van der Waals surface area contributed by atoms with Gasteiger partial charge < -0.3 is 15.4 Å². The SMILES string of the molecule is CC(Oc1ccc(-c2ccccc2)cc1)C(=O)NCCCNc1ncccn1. The third-order valence-electron chi connectivity index (χ3n) is 4.15. The monoisotopic (exact) mass is 376 g/mol. The van der Waals surface area contributed by atoms with Crippen LogP contribution in [0.1, 0.15) is 13.3 Å². The highest BCUT2D eigenvalue weighted by Crippen LogP contribution is 2.22. The Hall–Kier alpha value is -3.41. The number of hydrogen-bond donors (Lipinski definition) is 2. The number of carbonyl (C=O) groups excluding carboxylic acids is 1. The van der Waals surface area contributed by atoms with Crippen molar-refractivity contribution in [3.63, 3.8) is 0 Å². The van der Waals surface area contributed by atoms with Crippen molar-refractivity contribution in [3.05, 3.63) is 73.1 Å². The summed E-state index contributed by atoms with van der Waals surface area (Å²) in [6.45, 7) is 2.98. The lowest BCUT2D eigenvalue weighted by molar-refractivity contribution is -0.127. The molecule has 144 valence electrons. The molecule has 28 heavy (non-hydrogen) atoms. The molecule has 3 aromatic rings. The van der Waals surface area contributed by atoms with E-state index < -0.39 is 6.10 Å². The van der Waals surface area contributed by atoms with Gasteiger partial charge in [0, 0.05) is 25.5 Å². The molecule has 0 aliphatic rings. The molecule has 0 aliphatic heterocycles. The number of nitrogens with zero attached hydrogens (tertiary/aromatic N) is 2. The Labute approximate surface area is 165 Å². The first kappa shape index (κ1) is 19.4. The average Bonchev–Trinajstić information content (AvgIpc) is 2.75. The van der Waals surface area contributed by atoms with Crippen molar-refractivity contribution in [1.29, 1.82) is 0 Å². The molecule has 2 aromatic carbocycles. The van der Waals surface area contributed by atoms with Crippen LogP contribution in [0.2, 0.25) is 0 Å². The molecule has 1 unspecified atom stereocenters. The summed E-state index contributed by atoms with van der Waals surface area (Å²) in [4.78, 5) is 20.4. The maximum Gasteiger partial charge on any atom is 0.260 e. The highest BCUT2D eigenvalue weighted by molar-refractivity contribution is 5.80. The van der Waals surface area contributed by atoms with Gasteiger partial charge in [-0.25, -0.2) is 9.97 Å². The summed E-state index contributed by atoms with van der Waals surface area (Å²) in [7, 11) is 0. The van der Waals surface area contributed by atoms with E-state index in [0.717, 1.165) is 17.5 Å². The lowest BCUT2D eigenvalue weighted by Crippen LogP contribution is -2.37. The quantitative estimate of drug-likeness (QED) is 0.559. The highest BCUT2D eigenvalue weighted by Gasteiger charge is 2.14. The maximum atomic E-state index is 12.2. The van der Waals surface area contributed by atoms with Crippen LogP contribution in [0.3, 0.4) is 0 Å². The Morgan fingerprint density at radius 3 is 2.32 bits per heavy atom. The summed E-state index contributed by atoms with van der Waals surface area (Å²) in [5.74, 6) is 1.12. The molecular formula is C22H24N4O2. The van der Waals surface area contributed by atoms with Gasteiger partial charge in [-0.1, -0.05) is 42.5 Å². The van der Waals surface area contributed by atoms with E-state index in [9.17, 15) is 4.79 Å². The molecular weight excluding hydrogens is 352 g/mol. The molecule has 0 fully saturated rings. The summed E-state index contributed by atoms with van der Waals surface area (Å²) in [5, 5.41) is 5.98. The largest absolute Gasteiger partial charge is 0.481 e. The van der Waals surface area contributed by atoms with E-state index in [4.69, 9.17) is 4.74 Å². The summed E-state index contributed by atoms with van der Waals surface area (Å²) in [6.07, 6.45) is 3.57. The number of nitrogens with one attached hydrogen (secondary N) is 2. The molecule has 0 radical (unpaired) electrons. The number of ether oxygens (including phenoxy) is 1. The van der Waals surface area contributed by atoms with E-state index in [0.29, 0.717) is 24.8 Å². The fourth-order valence-corrected chi connectivity index (χ4v) is 2.65. The zero-order chi connectivity index (χ0) is 19.6. The van der Waals surface area contributed by atoms with Gasteiger partial charge in [0.2, 0.25) is 5.95 Å². The zero-order valence-electron chi connectivity index (χ0n) is 15.8. The number of anilines is 1. The van der Waals surface area contributed by atoms with E-state index in [1.165, 1.54) is 0 Å². The van der Waals surface area contributed by atoms with Gasteiger partial charge in [0.25, 0.3) is 5.91 Å². The Morgan fingerprint density at radius 2 is 1.61 bits per heavy atom. The van der Waals surface area contributed by atoms with Crippen LogP contribution in [0.5, 0.6) is 5.75 Å². The smallest absolute Gasteiger partial charge is 0.260 e. The van der Waals surface area contributed by atoms with Crippen LogP contribution < -0.4 is 15.4 Å². The standard InChI is InChI=1S/C22H24N4O2/c1-17(21(27)23-13-5-14-24-22-25-15-6-16-26-22)28-20-11-9-19(10-12-20)18-7-3-2-4-8-18/h2-4,6-12,15-17H,5,13-14H2,1H3,(H,23,27)(H,24,25,26). The molecule has 1 aromatic heterocycles. The van der Waals surface area contributed by atoms with Gasteiger partial charge in [-0.3, -0.25) is 4.79 Å². The van der Waals surface area contributed by atoms with E-state index in [2.05, 4.69) is 32.7 Å². The first-order valence-electron chi connectivity index (χ1n) is 9.33. The van der Waals surface area contributed by atoms with Gasteiger partial charge in [-0.15, -0.1) is 0 Å². The van der Waals surface area contributed by atoms with Gasteiger partial charge in [-0.05, 0) is 42.7 Å². The normalized spacial score (nSPS) is 11.5. The minimum absolute atomic E-state index is 0.136. The van der Waals surface area contributed by atoms with Crippen molar-refractivity contribution < 1.29 is 9.53 Å². The third kappa shape index (κ3) is 5.81. The van der Waals surface area contributed by atoms with Crippen molar-refractivity contribution >= 4 is 11.9 Å². The van der Waals surface area contributed by atoms with E-state index in [1.807, 2.05) is 42.5 Å². The second kappa shape index (κ2) is 10.1. The summed E-state index contributed by atoms with van der Waals surface area (Å²) in [5.41, 5.74) is 2.26. The Balaban J connectivity index is 1.39. The molecule has 2 N–H and O–H groups in total. The molecule has 1 amide bonds. The number of aromatic nitrogens is 2. The lowest BCUT2D eigenvalue weighted by Gasteiger charge is -2.15. The van der Waals surface area contributed by atoms with Crippen molar-refractivity contribution in [2.24, 2.45) is 0 Å². The molecule has 0 aliphatic carbocycles. The van der Waals surface area contributed by atoms with Gasteiger partial charge in [0.05, 0.1) is 0 Å². The first-order chi connectivity index (χ1) is 13.7. The molecule has 1 atom stereocenters. The highest BCUT2D eigenvalue weighted by atomic mass is 16.5. The van der Waals surface area contributed by atoms with Crippen LogP contribution in [-0.4, -0.2) is 35.1 Å². The van der Waals surface area contributed by atoms with Gasteiger partial charge in [0.15, 0.2) is 6.10 Å². The number of benzene rings is 2. The predicted molar refractivity (Wildman–Crippen MR) is 110 cm³/mol. The number of hydrogen-bond acceptors (Lipinski definition) is 5. The third-order valence-corrected chi connectivity index (χ3v) is 4.15. The predicted octanol–water partition coefficient (Wildman–Crippen LogP) is 3.53. The van der Waals surface area contributed by atoms with Crippen molar-refractivity contribution in [3.8, 4) is 16.9 Å². The Morgan fingerprint density at radius 1 is 0.929 bits per heavy atom. The number of carbonyl (C=O) groups is 1. The van der Waals surface area contributed by atoms with Crippen molar-refractivity contribution in [1.82, 2.24) is 15.3 Å². The molecule has 6 heteroatoms. The maximum absolute atomic E-state index is 12.2. The summed E-state index contributed by atoms with van der Waals surface area (Å²) in [6, 6.07) is 19.7. The molecule has 1 heterocycles. The van der Waals surface area contributed by atoms with Crippen molar-refractivity contribution in [2.75, 3.05) is 18.4 Å². The van der Waals surface area contributed by atoms with E-state index in [1.54, 1.807) is 25.4 Å². The van der Waals surface area contributed by atoms with E-state index in [-0.39, 0.29) is 5.91 Å². The van der Waals surface area contributed by atoms with Gasteiger partial charge >= 0.3 is 0 Å². The first-order valence-corrected chi connectivity index (χ1v) is 9.33. The molecule has 0 bridgehead atoms. The fraction of sp³-hybridized carbons (Fsp3) is 0.227. The lowest BCUT2D eigenvalue weighted by atomic mass is 10.1. The second-order valence-electron chi connectivity index (χ2n) is 6.29. The topological polar surface area (TPSA) is 76.1 Å². The van der Waals surface area contributed by atoms with Crippen molar-refractivity contribution in [2.45, 2.75) is 19.4 Å². The van der Waals surface area contributed by atoms with Crippen LogP contribution in [0, 0.1) is 0 Å². The summed E-state index contributed by atoms with van der Waals surface area (Å²) >= 11 is 0. The van der Waals surface area contributed by atoms with Gasteiger partial charge in [0.1, 0.15) is 5.75 Å². The summed E-state index contributed by atoms with van der Waals surface area (Å²) < 4.78 is 5.75. The average molecular weight is 376 g/mol. The van der Waals surface area contributed by atoms with Crippen LogP contribution in [0.4, 0.5) is 5.95 Å². The van der Waals surface area contributed by atoms with Gasteiger partial charge in [-0.2, -0.15) is 0 Å². The Bertz CT molecular complexity index is 855. The van der Waals surface area contributed by atoms with Crippen LogP contribution in [0.15, 0.2) is 73.1 Å². The Kier molecular flexibility index (Phi) is 6.95. The molecule has 0 saturated carbocycles. The number of amides is 1. The molecule has 6 nitrogen and oxygen atoms in total. The zero-order valence-corrected chi connectivity index (χ0v) is 15.8. The van der Waals surface area contributed by atoms with Crippen LogP contribution >= 0.6 is 0 Å². The van der Waals surface area contributed by atoms with E-state index >= 15 is 0 Å². The molecule has 0 spiro atoms. The number of rotatable bonds is 9. The minimum Gasteiger partial charge on any atom is -0.481 e. The molecule has 3 rings (SSSR count). The molecule has 0 saturated heterocycles. The fourth-order valence-electron chi connectivity index (χ4n) is 2.65. The van der Waals surface area contributed by atoms with Crippen LogP contribution in [0.25, 0.3) is 11.1 Å². The second-order valence-corrected chi connectivity index (χ2v) is 6.29.